The molecule has 0 heterocycles. The second-order valence-corrected chi connectivity index (χ2v) is 5.33. The zero-order valence-electron chi connectivity index (χ0n) is 12.4. The van der Waals surface area contributed by atoms with E-state index in [2.05, 4.69) is 24.5 Å². The summed E-state index contributed by atoms with van der Waals surface area (Å²) in [5.74, 6) is -0.0322. The standard InChI is InChI=1S/C15H21F3N2O/c1-10(2)12-4-6-13(7-5-12)11(3)20-14(21)8-19-9-15(16,17)18/h4-7,10-11,19H,8-9H2,1-3H3,(H,20,21). The highest BCUT2D eigenvalue weighted by atomic mass is 19.4. The molecule has 1 aromatic carbocycles. The van der Waals surface area contributed by atoms with Crippen LogP contribution in [0.25, 0.3) is 0 Å². The molecular weight excluding hydrogens is 281 g/mol. The van der Waals surface area contributed by atoms with Crippen molar-refractivity contribution in [3.63, 3.8) is 0 Å². The van der Waals surface area contributed by atoms with E-state index in [1.54, 1.807) is 6.92 Å². The predicted octanol–water partition coefficient (Wildman–Crippen LogP) is 3.14. The molecule has 0 fully saturated rings. The summed E-state index contributed by atoms with van der Waals surface area (Å²) >= 11 is 0. The minimum atomic E-state index is -4.31. The Balaban J connectivity index is 2.45. The van der Waals surface area contributed by atoms with Gasteiger partial charge in [0.1, 0.15) is 0 Å². The van der Waals surface area contributed by atoms with Crippen molar-refractivity contribution < 1.29 is 18.0 Å². The average molecular weight is 302 g/mol. The van der Waals surface area contributed by atoms with Crippen LogP contribution in [0, 0.1) is 0 Å². The van der Waals surface area contributed by atoms with Crippen LogP contribution in [0.2, 0.25) is 0 Å². The number of carbonyl (C=O) groups excluding carboxylic acids is 1. The summed E-state index contributed by atoms with van der Waals surface area (Å²) < 4.78 is 35.8. The maximum atomic E-state index is 11.9. The third-order valence-corrected chi connectivity index (χ3v) is 3.09. The molecule has 1 rings (SSSR count). The Hall–Kier alpha value is -1.56. The van der Waals surface area contributed by atoms with Crippen LogP contribution in [-0.2, 0) is 4.79 Å². The average Bonchev–Trinajstić information content (AvgIpc) is 2.37. The quantitative estimate of drug-likeness (QED) is 0.847. The molecule has 0 aliphatic rings. The minimum absolute atomic E-state index is 0.244. The first-order chi connectivity index (χ1) is 9.69. The predicted molar refractivity (Wildman–Crippen MR) is 76.0 cm³/mol. The summed E-state index contributed by atoms with van der Waals surface area (Å²) in [5.41, 5.74) is 2.12. The summed E-state index contributed by atoms with van der Waals surface area (Å²) in [6.07, 6.45) is -4.31. The van der Waals surface area contributed by atoms with Gasteiger partial charge in [-0.25, -0.2) is 0 Å². The van der Waals surface area contributed by atoms with Gasteiger partial charge in [-0.05, 0) is 24.0 Å². The Labute approximate surface area is 122 Å². The van der Waals surface area contributed by atoms with E-state index in [4.69, 9.17) is 0 Å². The van der Waals surface area contributed by atoms with Gasteiger partial charge >= 0.3 is 6.18 Å². The Morgan fingerprint density at radius 3 is 2.10 bits per heavy atom. The van der Waals surface area contributed by atoms with Gasteiger partial charge in [-0.1, -0.05) is 38.1 Å². The molecule has 0 aromatic heterocycles. The molecule has 3 nitrogen and oxygen atoms in total. The van der Waals surface area contributed by atoms with Crippen molar-refractivity contribution in [2.24, 2.45) is 0 Å². The molecule has 1 atom stereocenters. The molecule has 0 aliphatic carbocycles. The number of benzene rings is 1. The van der Waals surface area contributed by atoms with Crippen LogP contribution in [0.5, 0.6) is 0 Å². The number of hydrogen-bond donors (Lipinski definition) is 2. The number of hydrogen-bond acceptors (Lipinski definition) is 2. The summed E-state index contributed by atoms with van der Waals surface area (Å²) in [6.45, 7) is 4.46. The van der Waals surface area contributed by atoms with Crippen molar-refractivity contribution in [2.75, 3.05) is 13.1 Å². The fraction of sp³-hybridized carbons (Fsp3) is 0.533. The zero-order chi connectivity index (χ0) is 16.0. The van der Waals surface area contributed by atoms with E-state index >= 15 is 0 Å². The van der Waals surface area contributed by atoms with Crippen LogP contribution in [0.15, 0.2) is 24.3 Å². The number of alkyl halides is 3. The molecule has 1 amide bonds. The lowest BCUT2D eigenvalue weighted by molar-refractivity contribution is -0.128. The minimum Gasteiger partial charge on any atom is -0.348 e. The first-order valence-electron chi connectivity index (χ1n) is 6.85. The summed E-state index contributed by atoms with van der Waals surface area (Å²) in [5, 5.41) is 4.73. The lowest BCUT2D eigenvalue weighted by Crippen LogP contribution is -2.39. The van der Waals surface area contributed by atoms with E-state index in [-0.39, 0.29) is 12.6 Å². The zero-order valence-corrected chi connectivity index (χ0v) is 12.4. The van der Waals surface area contributed by atoms with E-state index < -0.39 is 18.6 Å². The van der Waals surface area contributed by atoms with Crippen molar-refractivity contribution in [1.82, 2.24) is 10.6 Å². The van der Waals surface area contributed by atoms with Crippen LogP contribution in [-0.4, -0.2) is 25.2 Å². The Morgan fingerprint density at radius 1 is 1.10 bits per heavy atom. The van der Waals surface area contributed by atoms with E-state index in [1.807, 2.05) is 24.3 Å². The largest absolute Gasteiger partial charge is 0.401 e. The number of carbonyl (C=O) groups is 1. The molecule has 21 heavy (non-hydrogen) atoms. The van der Waals surface area contributed by atoms with E-state index in [0.29, 0.717) is 5.92 Å². The van der Waals surface area contributed by atoms with Crippen molar-refractivity contribution >= 4 is 5.91 Å². The Bertz CT molecular complexity index is 455. The number of amides is 1. The summed E-state index contributed by atoms with van der Waals surface area (Å²) in [4.78, 5) is 11.5. The van der Waals surface area contributed by atoms with Gasteiger partial charge in [0.25, 0.3) is 0 Å². The molecule has 6 heteroatoms. The molecule has 0 aliphatic heterocycles. The van der Waals surface area contributed by atoms with Gasteiger partial charge in [0, 0.05) is 0 Å². The van der Waals surface area contributed by atoms with Crippen molar-refractivity contribution in [1.29, 1.82) is 0 Å². The molecule has 1 unspecified atom stereocenters. The second kappa shape index (κ2) is 7.45. The molecule has 2 N–H and O–H groups in total. The highest BCUT2D eigenvalue weighted by molar-refractivity contribution is 5.78. The highest BCUT2D eigenvalue weighted by Crippen LogP contribution is 2.18. The topological polar surface area (TPSA) is 41.1 Å². The van der Waals surface area contributed by atoms with Gasteiger partial charge in [-0.3, -0.25) is 4.79 Å². The van der Waals surface area contributed by atoms with Crippen LogP contribution < -0.4 is 10.6 Å². The lowest BCUT2D eigenvalue weighted by Gasteiger charge is -2.16. The van der Waals surface area contributed by atoms with Gasteiger partial charge in [0.15, 0.2) is 0 Å². The molecule has 1 aromatic rings. The fourth-order valence-electron chi connectivity index (χ4n) is 1.86. The smallest absolute Gasteiger partial charge is 0.348 e. The highest BCUT2D eigenvalue weighted by Gasteiger charge is 2.26. The fourth-order valence-corrected chi connectivity index (χ4v) is 1.86. The van der Waals surface area contributed by atoms with Gasteiger partial charge in [0.05, 0.1) is 19.1 Å². The van der Waals surface area contributed by atoms with Crippen molar-refractivity contribution in [2.45, 2.75) is 38.9 Å². The van der Waals surface area contributed by atoms with Crippen LogP contribution >= 0.6 is 0 Å². The molecular formula is C15H21F3N2O. The van der Waals surface area contributed by atoms with Gasteiger partial charge in [0.2, 0.25) is 5.91 Å². The van der Waals surface area contributed by atoms with Gasteiger partial charge < -0.3 is 10.6 Å². The molecule has 0 saturated carbocycles. The maximum absolute atomic E-state index is 11.9. The summed E-state index contributed by atoms with van der Waals surface area (Å²) in [6, 6.07) is 7.58. The number of nitrogens with one attached hydrogen (secondary N) is 2. The molecule has 118 valence electrons. The van der Waals surface area contributed by atoms with Crippen molar-refractivity contribution in [3.05, 3.63) is 35.4 Å². The van der Waals surface area contributed by atoms with Gasteiger partial charge in [-0.15, -0.1) is 0 Å². The van der Waals surface area contributed by atoms with E-state index in [9.17, 15) is 18.0 Å². The van der Waals surface area contributed by atoms with Crippen LogP contribution in [0.1, 0.15) is 43.9 Å². The van der Waals surface area contributed by atoms with Crippen LogP contribution in [0.4, 0.5) is 13.2 Å². The normalized spacial score (nSPS) is 13.3. The van der Waals surface area contributed by atoms with Crippen LogP contribution in [0.3, 0.4) is 0 Å². The Morgan fingerprint density at radius 2 is 1.62 bits per heavy atom. The van der Waals surface area contributed by atoms with Gasteiger partial charge in [-0.2, -0.15) is 13.2 Å². The SMILES string of the molecule is CC(C)c1ccc(C(C)NC(=O)CNCC(F)(F)F)cc1. The molecule has 0 radical (unpaired) electrons. The number of halogens is 3. The third kappa shape index (κ3) is 6.62. The number of rotatable bonds is 6. The monoisotopic (exact) mass is 302 g/mol. The Kier molecular flexibility index (Phi) is 6.20. The lowest BCUT2D eigenvalue weighted by atomic mass is 9.99. The molecule has 0 saturated heterocycles. The van der Waals surface area contributed by atoms with E-state index in [1.165, 1.54) is 5.56 Å². The molecule has 0 spiro atoms. The van der Waals surface area contributed by atoms with E-state index in [0.717, 1.165) is 5.56 Å². The molecule has 0 bridgehead atoms. The second-order valence-electron chi connectivity index (χ2n) is 5.33. The first kappa shape index (κ1) is 17.5. The first-order valence-corrected chi connectivity index (χ1v) is 6.85. The van der Waals surface area contributed by atoms with Crippen molar-refractivity contribution in [3.8, 4) is 0 Å². The third-order valence-electron chi connectivity index (χ3n) is 3.09. The maximum Gasteiger partial charge on any atom is 0.401 e. The summed E-state index contributed by atoms with van der Waals surface area (Å²) in [7, 11) is 0.